The van der Waals surface area contributed by atoms with Gasteiger partial charge < -0.3 is 20.6 Å². The molecule has 0 fully saturated rings. The van der Waals surface area contributed by atoms with E-state index in [0.29, 0.717) is 23.1 Å². The van der Waals surface area contributed by atoms with Crippen molar-refractivity contribution < 1.29 is 14.3 Å². The highest BCUT2D eigenvalue weighted by Gasteiger charge is 2.23. The fraction of sp³-hybridized carbons (Fsp3) is 0.238. The number of nitrogens with one attached hydrogen (secondary N) is 1. The maximum atomic E-state index is 12.6. The van der Waals surface area contributed by atoms with Crippen molar-refractivity contribution in [3.05, 3.63) is 70.1 Å². The molecule has 1 heterocycles. The molecule has 2 aromatic carbocycles. The van der Waals surface area contributed by atoms with Crippen molar-refractivity contribution in [1.82, 2.24) is 0 Å². The fourth-order valence-electron chi connectivity index (χ4n) is 3.25. The van der Waals surface area contributed by atoms with Crippen LogP contribution in [0.15, 0.2) is 57.7 Å². The lowest BCUT2D eigenvalue weighted by molar-refractivity contribution is -0.116. The summed E-state index contributed by atoms with van der Waals surface area (Å²) in [5.74, 6) is -0.598. The van der Waals surface area contributed by atoms with Crippen molar-refractivity contribution >= 4 is 22.6 Å². The highest BCUT2D eigenvalue weighted by Crippen LogP contribution is 2.36. The van der Waals surface area contributed by atoms with Crippen LogP contribution in [-0.2, 0) is 4.79 Å². The Morgan fingerprint density at radius 1 is 1.22 bits per heavy atom. The number of benzene rings is 2. The van der Waals surface area contributed by atoms with Gasteiger partial charge in [-0.05, 0) is 36.2 Å². The average molecular weight is 366 g/mol. The number of aromatic hydroxyl groups is 1. The Bertz CT molecular complexity index is 1030. The van der Waals surface area contributed by atoms with Crippen molar-refractivity contribution in [3.8, 4) is 5.75 Å². The Kier molecular flexibility index (Phi) is 5.57. The summed E-state index contributed by atoms with van der Waals surface area (Å²) in [6, 6.07) is 14.1. The summed E-state index contributed by atoms with van der Waals surface area (Å²) < 4.78 is 5.41. The number of carbonyl (C=O) groups is 1. The second-order valence-corrected chi connectivity index (χ2v) is 6.32. The number of hydrogen-bond acceptors (Lipinski definition) is 5. The topological polar surface area (TPSA) is 106 Å². The smallest absolute Gasteiger partial charge is 0.343 e. The maximum Gasteiger partial charge on any atom is 0.343 e. The van der Waals surface area contributed by atoms with Gasteiger partial charge in [-0.2, -0.15) is 0 Å². The molecule has 0 radical (unpaired) electrons. The first-order valence-electron chi connectivity index (χ1n) is 8.89. The summed E-state index contributed by atoms with van der Waals surface area (Å²) in [6.07, 6.45) is 0.813. The number of amides is 1. The Morgan fingerprint density at radius 2 is 2.00 bits per heavy atom. The molecule has 0 aliphatic heterocycles. The molecule has 0 aliphatic carbocycles. The van der Waals surface area contributed by atoms with Gasteiger partial charge in [0, 0.05) is 24.6 Å². The van der Waals surface area contributed by atoms with Crippen molar-refractivity contribution in [2.24, 2.45) is 5.73 Å². The van der Waals surface area contributed by atoms with Crippen LogP contribution in [0.25, 0.3) is 11.0 Å². The summed E-state index contributed by atoms with van der Waals surface area (Å²) in [5, 5.41) is 14.0. The molecule has 3 aromatic rings. The summed E-state index contributed by atoms with van der Waals surface area (Å²) in [4.78, 5) is 24.4. The third-order valence-electron chi connectivity index (χ3n) is 4.52. The number of para-hydroxylation sites is 1. The summed E-state index contributed by atoms with van der Waals surface area (Å²) in [7, 11) is 0. The van der Waals surface area contributed by atoms with E-state index in [4.69, 9.17) is 10.2 Å². The first kappa shape index (κ1) is 18.7. The Balaban J connectivity index is 2.05. The molecule has 0 aliphatic rings. The maximum absolute atomic E-state index is 12.6. The summed E-state index contributed by atoms with van der Waals surface area (Å²) in [5.41, 5.74) is 6.84. The van der Waals surface area contributed by atoms with Crippen LogP contribution in [0.5, 0.6) is 5.75 Å². The SMILES string of the molecule is CCC(c1cccc(NC(=O)CCN)c1)c1c(O)c2ccccc2oc1=O. The molecule has 0 saturated heterocycles. The second-order valence-electron chi connectivity index (χ2n) is 6.32. The molecule has 1 aromatic heterocycles. The Morgan fingerprint density at radius 3 is 2.74 bits per heavy atom. The van der Waals surface area contributed by atoms with E-state index in [1.54, 1.807) is 42.5 Å². The minimum atomic E-state index is -0.560. The molecule has 0 spiro atoms. The first-order valence-corrected chi connectivity index (χ1v) is 8.89. The van der Waals surface area contributed by atoms with Crippen LogP contribution in [0.3, 0.4) is 0 Å². The van der Waals surface area contributed by atoms with E-state index in [1.165, 1.54) is 0 Å². The van der Waals surface area contributed by atoms with Gasteiger partial charge in [0.15, 0.2) is 0 Å². The number of nitrogens with two attached hydrogens (primary N) is 1. The van der Waals surface area contributed by atoms with Crippen molar-refractivity contribution in [2.75, 3.05) is 11.9 Å². The van der Waals surface area contributed by atoms with Gasteiger partial charge in [-0.25, -0.2) is 4.79 Å². The molecule has 6 heteroatoms. The largest absolute Gasteiger partial charge is 0.507 e. The van der Waals surface area contributed by atoms with E-state index < -0.39 is 5.63 Å². The van der Waals surface area contributed by atoms with Gasteiger partial charge in [-0.1, -0.05) is 31.2 Å². The Hall–Kier alpha value is -3.12. The highest BCUT2D eigenvalue weighted by atomic mass is 16.4. The molecule has 1 unspecified atom stereocenters. The summed E-state index contributed by atoms with van der Waals surface area (Å²) >= 11 is 0. The van der Waals surface area contributed by atoms with Crippen molar-refractivity contribution in [3.63, 3.8) is 0 Å². The van der Waals surface area contributed by atoms with Gasteiger partial charge in [0.25, 0.3) is 0 Å². The molecule has 27 heavy (non-hydrogen) atoms. The van der Waals surface area contributed by atoms with Gasteiger partial charge in [-0.3, -0.25) is 4.79 Å². The van der Waals surface area contributed by atoms with Gasteiger partial charge in [0.05, 0.1) is 10.9 Å². The zero-order valence-electron chi connectivity index (χ0n) is 15.1. The predicted molar refractivity (Wildman–Crippen MR) is 105 cm³/mol. The van der Waals surface area contributed by atoms with E-state index in [-0.39, 0.29) is 36.1 Å². The van der Waals surface area contributed by atoms with Gasteiger partial charge >= 0.3 is 5.63 Å². The zero-order valence-corrected chi connectivity index (χ0v) is 15.1. The molecule has 6 nitrogen and oxygen atoms in total. The molecular formula is C21H22N2O4. The lowest BCUT2D eigenvalue weighted by Crippen LogP contribution is -2.17. The molecule has 1 atom stereocenters. The number of carbonyl (C=O) groups excluding carboxylic acids is 1. The average Bonchev–Trinajstić information content (AvgIpc) is 2.65. The third kappa shape index (κ3) is 3.85. The molecule has 140 valence electrons. The highest BCUT2D eigenvalue weighted by molar-refractivity contribution is 5.91. The number of anilines is 1. The van der Waals surface area contributed by atoms with Gasteiger partial charge in [0.2, 0.25) is 5.91 Å². The first-order chi connectivity index (χ1) is 13.0. The molecule has 1 amide bonds. The van der Waals surface area contributed by atoms with E-state index in [1.807, 2.05) is 13.0 Å². The minimum Gasteiger partial charge on any atom is -0.507 e. The number of fused-ring (bicyclic) bond motifs is 1. The number of hydrogen-bond donors (Lipinski definition) is 3. The quantitative estimate of drug-likeness (QED) is 0.580. The van der Waals surface area contributed by atoms with Gasteiger partial charge in [-0.15, -0.1) is 0 Å². The molecule has 3 rings (SSSR count). The predicted octanol–water partition coefficient (Wildman–Crippen LogP) is 3.33. The van der Waals surface area contributed by atoms with Crippen LogP contribution in [0.4, 0.5) is 5.69 Å². The molecule has 0 saturated carbocycles. The Labute approximate surface area is 156 Å². The molecule has 0 bridgehead atoms. The zero-order chi connectivity index (χ0) is 19.4. The van der Waals surface area contributed by atoms with E-state index >= 15 is 0 Å². The van der Waals surface area contributed by atoms with Crippen molar-refractivity contribution in [1.29, 1.82) is 0 Å². The number of rotatable bonds is 6. The van der Waals surface area contributed by atoms with Gasteiger partial charge in [0.1, 0.15) is 11.3 Å². The second kappa shape index (κ2) is 8.05. The molecular weight excluding hydrogens is 344 g/mol. The van der Waals surface area contributed by atoms with Crippen LogP contribution in [0, 0.1) is 0 Å². The van der Waals surface area contributed by atoms with Crippen LogP contribution < -0.4 is 16.7 Å². The van der Waals surface area contributed by atoms with Crippen LogP contribution in [0.2, 0.25) is 0 Å². The van der Waals surface area contributed by atoms with E-state index in [0.717, 1.165) is 5.56 Å². The summed E-state index contributed by atoms with van der Waals surface area (Å²) in [6.45, 7) is 2.20. The van der Waals surface area contributed by atoms with Crippen LogP contribution >= 0.6 is 0 Å². The normalized spacial score (nSPS) is 12.1. The standard InChI is InChI=1S/C21H22N2O4/c1-2-15(13-6-5-7-14(12-13)23-18(24)10-11-22)19-20(25)16-8-3-4-9-17(16)27-21(19)26/h3-9,12,15,25H,2,10-11,22H2,1H3,(H,23,24). The fourth-order valence-corrected chi connectivity index (χ4v) is 3.25. The van der Waals surface area contributed by atoms with E-state index in [9.17, 15) is 14.7 Å². The molecule has 4 N–H and O–H groups in total. The monoisotopic (exact) mass is 366 g/mol. The lowest BCUT2D eigenvalue weighted by atomic mass is 9.88. The third-order valence-corrected chi connectivity index (χ3v) is 4.52. The van der Waals surface area contributed by atoms with E-state index in [2.05, 4.69) is 5.32 Å². The van der Waals surface area contributed by atoms with Crippen LogP contribution in [-0.4, -0.2) is 17.6 Å². The van der Waals surface area contributed by atoms with Crippen molar-refractivity contribution in [2.45, 2.75) is 25.7 Å². The lowest BCUT2D eigenvalue weighted by Gasteiger charge is -2.18. The van der Waals surface area contributed by atoms with Crippen LogP contribution in [0.1, 0.15) is 36.8 Å². The minimum absolute atomic E-state index is 0.0636.